The third kappa shape index (κ3) is 6.74. The molecule has 3 aromatic carbocycles. The van der Waals surface area contributed by atoms with Crippen molar-refractivity contribution >= 4 is 35.3 Å². The summed E-state index contributed by atoms with van der Waals surface area (Å²) >= 11 is 5.92. The molecule has 0 saturated heterocycles. The fourth-order valence-electron chi connectivity index (χ4n) is 3.12. The Morgan fingerprint density at radius 2 is 1.60 bits per heavy atom. The van der Waals surface area contributed by atoms with Gasteiger partial charge in [-0.25, -0.2) is 4.79 Å². The van der Waals surface area contributed by atoms with E-state index in [0.717, 1.165) is 0 Å². The second kappa shape index (κ2) is 12.1. The molecule has 0 atom stereocenters. The molecule has 6 nitrogen and oxygen atoms in total. The molecule has 0 bridgehead atoms. The van der Waals surface area contributed by atoms with Crippen LogP contribution in [0, 0.1) is 22.7 Å². The number of hydrogen-bond donors (Lipinski definition) is 0. The van der Waals surface area contributed by atoms with E-state index in [2.05, 4.69) is 6.07 Å². The molecule has 3 rings (SSSR count). The van der Waals surface area contributed by atoms with E-state index in [0.29, 0.717) is 39.6 Å². The number of hydrogen-bond acceptors (Lipinski definition) is 6. The number of esters is 1. The largest absolute Gasteiger partial charge is 0.494 e. The highest BCUT2D eigenvalue weighted by Crippen LogP contribution is 2.31. The number of methoxy groups -OCH3 is 1. The molecule has 0 aliphatic heterocycles. The maximum Gasteiger partial charge on any atom is 0.354 e. The van der Waals surface area contributed by atoms with E-state index in [1.54, 1.807) is 72.8 Å². The molecular formula is C28H21ClN2O4. The molecule has 0 amide bonds. The summed E-state index contributed by atoms with van der Waals surface area (Å²) in [6.07, 6.45) is 3.12. The first-order chi connectivity index (χ1) is 17.0. The Bertz CT molecular complexity index is 1350. The van der Waals surface area contributed by atoms with Crippen LogP contribution < -0.4 is 14.2 Å². The van der Waals surface area contributed by atoms with Crippen LogP contribution in [0.15, 0.2) is 72.3 Å². The van der Waals surface area contributed by atoms with Crippen molar-refractivity contribution in [2.24, 2.45) is 0 Å². The van der Waals surface area contributed by atoms with Crippen molar-refractivity contribution in [3.63, 3.8) is 0 Å². The van der Waals surface area contributed by atoms with Gasteiger partial charge in [0.25, 0.3) is 0 Å². The zero-order valence-electron chi connectivity index (χ0n) is 19.1. The summed E-state index contributed by atoms with van der Waals surface area (Å²) in [4.78, 5) is 12.6. The van der Waals surface area contributed by atoms with E-state index in [1.807, 2.05) is 13.0 Å². The van der Waals surface area contributed by atoms with E-state index in [1.165, 1.54) is 13.2 Å². The SMILES string of the molecule is CCOc1ccc(/C=C(\C#N)C(=O)Oc2ccc(/C=C(\C#N)c3ccc(Cl)cc3)cc2OC)cc1. The topological polar surface area (TPSA) is 92.3 Å². The van der Waals surface area contributed by atoms with Gasteiger partial charge >= 0.3 is 5.97 Å². The first-order valence-corrected chi connectivity index (χ1v) is 11.0. The van der Waals surface area contributed by atoms with Crippen LogP contribution in [0.4, 0.5) is 0 Å². The van der Waals surface area contributed by atoms with Gasteiger partial charge in [-0.3, -0.25) is 0 Å². The zero-order valence-corrected chi connectivity index (χ0v) is 19.9. The third-order valence-corrected chi connectivity index (χ3v) is 5.07. The normalized spacial score (nSPS) is 11.2. The number of carbonyl (C=O) groups is 1. The standard InChI is InChI=1S/C28H21ClN2O4/c1-3-34-25-11-4-19(5-12-25)14-23(18-31)28(32)35-26-13-6-20(16-27(26)33-2)15-22(17-30)21-7-9-24(29)10-8-21/h4-16H,3H2,1-2H3/b22-15+,23-14+. The van der Waals surface area contributed by atoms with Crippen molar-refractivity contribution in [1.82, 2.24) is 0 Å². The fraction of sp³-hybridized carbons (Fsp3) is 0.107. The molecule has 0 radical (unpaired) electrons. The Hall–Kier alpha value is -4.52. The van der Waals surface area contributed by atoms with Gasteiger partial charge in [0.1, 0.15) is 17.4 Å². The molecule has 0 aliphatic carbocycles. The number of nitriles is 2. The summed E-state index contributed by atoms with van der Waals surface area (Å²) in [5.74, 6) is 0.299. The van der Waals surface area contributed by atoms with Gasteiger partial charge in [-0.15, -0.1) is 0 Å². The van der Waals surface area contributed by atoms with Crippen LogP contribution in [0.1, 0.15) is 23.6 Å². The smallest absolute Gasteiger partial charge is 0.354 e. The summed E-state index contributed by atoms with van der Waals surface area (Å²) in [6, 6.07) is 22.8. The number of halogens is 1. The maximum atomic E-state index is 12.6. The summed E-state index contributed by atoms with van der Waals surface area (Å²) in [6.45, 7) is 2.43. The Balaban J connectivity index is 1.82. The van der Waals surface area contributed by atoms with Gasteiger partial charge in [0.05, 0.1) is 25.4 Å². The molecule has 0 fully saturated rings. The maximum absolute atomic E-state index is 12.6. The molecule has 0 aliphatic rings. The molecule has 0 aromatic heterocycles. The van der Waals surface area contributed by atoms with Crippen molar-refractivity contribution in [3.8, 4) is 29.4 Å². The quantitative estimate of drug-likeness (QED) is 0.122. The van der Waals surface area contributed by atoms with Crippen LogP contribution in [0.25, 0.3) is 17.7 Å². The number of allylic oxidation sites excluding steroid dienone is 1. The zero-order chi connectivity index (χ0) is 25.2. The molecule has 7 heteroatoms. The van der Waals surface area contributed by atoms with E-state index in [9.17, 15) is 15.3 Å². The van der Waals surface area contributed by atoms with E-state index < -0.39 is 5.97 Å². The highest BCUT2D eigenvalue weighted by atomic mass is 35.5. The van der Waals surface area contributed by atoms with E-state index in [4.69, 9.17) is 25.8 Å². The molecule has 0 heterocycles. The van der Waals surface area contributed by atoms with Gasteiger partial charge in [0.15, 0.2) is 11.5 Å². The van der Waals surface area contributed by atoms with E-state index >= 15 is 0 Å². The molecule has 35 heavy (non-hydrogen) atoms. The molecule has 0 spiro atoms. The predicted octanol–water partition coefficient (Wildman–Crippen LogP) is 6.32. The average molecular weight is 485 g/mol. The number of carbonyl (C=O) groups excluding carboxylic acids is 1. The first kappa shape index (κ1) is 25.1. The number of rotatable bonds is 8. The average Bonchev–Trinajstić information content (AvgIpc) is 2.88. The molecule has 3 aromatic rings. The Morgan fingerprint density at radius 1 is 0.914 bits per heavy atom. The minimum atomic E-state index is -0.818. The lowest BCUT2D eigenvalue weighted by atomic mass is 10.0. The summed E-state index contributed by atoms with van der Waals surface area (Å²) in [7, 11) is 1.44. The van der Waals surface area contributed by atoms with Crippen LogP contribution in [0.3, 0.4) is 0 Å². The lowest BCUT2D eigenvalue weighted by molar-refractivity contribution is -0.129. The first-order valence-electron chi connectivity index (χ1n) is 10.6. The molecule has 0 saturated carbocycles. The van der Waals surface area contributed by atoms with Crippen molar-refractivity contribution in [2.75, 3.05) is 13.7 Å². The summed E-state index contributed by atoms with van der Waals surface area (Å²) < 4.78 is 16.2. The highest BCUT2D eigenvalue weighted by molar-refractivity contribution is 6.30. The van der Waals surface area contributed by atoms with Gasteiger partial charge < -0.3 is 14.2 Å². The van der Waals surface area contributed by atoms with Gasteiger partial charge in [0, 0.05) is 5.02 Å². The predicted molar refractivity (Wildman–Crippen MR) is 135 cm³/mol. The number of ether oxygens (including phenoxy) is 3. The minimum absolute atomic E-state index is 0.146. The monoisotopic (exact) mass is 484 g/mol. The number of nitrogens with zero attached hydrogens (tertiary/aromatic N) is 2. The highest BCUT2D eigenvalue weighted by Gasteiger charge is 2.16. The third-order valence-electron chi connectivity index (χ3n) is 4.82. The second-order valence-electron chi connectivity index (χ2n) is 7.15. The Labute approximate surface area is 208 Å². The number of benzene rings is 3. The van der Waals surface area contributed by atoms with Crippen LogP contribution >= 0.6 is 11.6 Å². The van der Waals surface area contributed by atoms with Crippen LogP contribution in [0.5, 0.6) is 17.2 Å². The van der Waals surface area contributed by atoms with Crippen molar-refractivity contribution < 1.29 is 19.0 Å². The molecule has 174 valence electrons. The van der Waals surface area contributed by atoms with Gasteiger partial charge in [0.2, 0.25) is 0 Å². The second-order valence-corrected chi connectivity index (χ2v) is 7.58. The van der Waals surface area contributed by atoms with Crippen molar-refractivity contribution in [3.05, 3.63) is 94.0 Å². The van der Waals surface area contributed by atoms with E-state index in [-0.39, 0.29) is 17.1 Å². The lowest BCUT2D eigenvalue weighted by Gasteiger charge is -2.10. The molecular weight excluding hydrogens is 464 g/mol. The van der Waals surface area contributed by atoms with Crippen molar-refractivity contribution in [1.29, 1.82) is 10.5 Å². The molecule has 0 N–H and O–H groups in total. The van der Waals surface area contributed by atoms with Crippen molar-refractivity contribution in [2.45, 2.75) is 6.92 Å². The van der Waals surface area contributed by atoms with Crippen LogP contribution in [-0.4, -0.2) is 19.7 Å². The molecule has 0 unspecified atom stereocenters. The fourth-order valence-corrected chi connectivity index (χ4v) is 3.25. The summed E-state index contributed by atoms with van der Waals surface area (Å²) in [5, 5.41) is 19.6. The van der Waals surface area contributed by atoms with Crippen LogP contribution in [-0.2, 0) is 4.79 Å². The van der Waals surface area contributed by atoms with Gasteiger partial charge in [-0.05, 0) is 72.2 Å². The Morgan fingerprint density at radius 3 is 2.20 bits per heavy atom. The van der Waals surface area contributed by atoms with Crippen LogP contribution in [0.2, 0.25) is 5.02 Å². The Kier molecular flexibility index (Phi) is 8.67. The lowest BCUT2D eigenvalue weighted by Crippen LogP contribution is -2.11. The van der Waals surface area contributed by atoms with Gasteiger partial charge in [-0.2, -0.15) is 10.5 Å². The van der Waals surface area contributed by atoms with Gasteiger partial charge in [-0.1, -0.05) is 41.9 Å². The minimum Gasteiger partial charge on any atom is -0.494 e. The summed E-state index contributed by atoms with van der Waals surface area (Å²) in [5.41, 5.74) is 2.29.